The van der Waals surface area contributed by atoms with E-state index in [9.17, 15) is 4.79 Å². The van der Waals surface area contributed by atoms with Gasteiger partial charge in [-0.1, -0.05) is 18.2 Å². The zero-order valence-corrected chi connectivity index (χ0v) is 12.8. The van der Waals surface area contributed by atoms with Gasteiger partial charge in [0, 0.05) is 30.9 Å². The third-order valence-electron chi connectivity index (χ3n) is 4.11. The Balaban J connectivity index is 1.63. The van der Waals surface area contributed by atoms with Crippen LogP contribution in [0, 0.1) is 0 Å². The monoisotopic (exact) mass is 306 g/mol. The standard InChI is InChI=1S/C18H18N4O/c23-17-15-6-1-2-7-16(15)21-18(22(17)14-8-9-14)20-12-10-13-5-3-4-11-19-13/h1-7,11,14H,8-10,12H2,(H,20,21). The molecule has 1 aromatic carbocycles. The lowest BCUT2D eigenvalue weighted by Gasteiger charge is -2.14. The second-order valence-corrected chi connectivity index (χ2v) is 5.86. The molecule has 0 atom stereocenters. The third-order valence-corrected chi connectivity index (χ3v) is 4.11. The average Bonchev–Trinajstić information content (AvgIpc) is 3.41. The van der Waals surface area contributed by atoms with Gasteiger partial charge in [-0.25, -0.2) is 4.98 Å². The number of nitrogens with one attached hydrogen (secondary N) is 1. The van der Waals surface area contributed by atoms with Crippen LogP contribution in [0.4, 0.5) is 5.95 Å². The highest BCUT2D eigenvalue weighted by Gasteiger charge is 2.28. The number of para-hydroxylation sites is 1. The quantitative estimate of drug-likeness (QED) is 0.787. The maximum absolute atomic E-state index is 12.7. The molecule has 5 nitrogen and oxygen atoms in total. The average molecular weight is 306 g/mol. The summed E-state index contributed by atoms with van der Waals surface area (Å²) in [6.07, 6.45) is 4.70. The molecule has 0 saturated heterocycles. The molecule has 1 fully saturated rings. The van der Waals surface area contributed by atoms with Crippen LogP contribution in [0.1, 0.15) is 24.6 Å². The van der Waals surface area contributed by atoms with Gasteiger partial charge < -0.3 is 5.32 Å². The summed E-state index contributed by atoms with van der Waals surface area (Å²) in [6.45, 7) is 0.703. The van der Waals surface area contributed by atoms with Gasteiger partial charge in [0.15, 0.2) is 0 Å². The van der Waals surface area contributed by atoms with Crippen molar-refractivity contribution < 1.29 is 0 Å². The Kier molecular flexibility index (Phi) is 3.54. The second-order valence-electron chi connectivity index (χ2n) is 5.86. The van der Waals surface area contributed by atoms with E-state index in [-0.39, 0.29) is 11.6 Å². The lowest BCUT2D eigenvalue weighted by Crippen LogP contribution is -2.25. The third kappa shape index (κ3) is 2.82. The zero-order valence-electron chi connectivity index (χ0n) is 12.8. The molecule has 23 heavy (non-hydrogen) atoms. The van der Waals surface area contributed by atoms with Gasteiger partial charge in [0.25, 0.3) is 5.56 Å². The van der Waals surface area contributed by atoms with Crippen molar-refractivity contribution in [1.29, 1.82) is 0 Å². The van der Waals surface area contributed by atoms with E-state index in [4.69, 9.17) is 0 Å². The van der Waals surface area contributed by atoms with Gasteiger partial charge in [-0.3, -0.25) is 14.3 Å². The van der Waals surface area contributed by atoms with Crippen molar-refractivity contribution in [3.8, 4) is 0 Å². The molecular weight excluding hydrogens is 288 g/mol. The molecule has 116 valence electrons. The lowest BCUT2D eigenvalue weighted by molar-refractivity contribution is 0.702. The van der Waals surface area contributed by atoms with E-state index in [1.54, 1.807) is 6.20 Å². The molecule has 2 aromatic heterocycles. The van der Waals surface area contributed by atoms with Gasteiger partial charge in [-0.05, 0) is 37.1 Å². The maximum Gasteiger partial charge on any atom is 0.263 e. The van der Waals surface area contributed by atoms with Gasteiger partial charge in [-0.15, -0.1) is 0 Å². The molecule has 3 aromatic rings. The molecule has 0 aliphatic heterocycles. The minimum absolute atomic E-state index is 0.0541. The predicted molar refractivity (Wildman–Crippen MR) is 90.7 cm³/mol. The first-order valence-corrected chi connectivity index (χ1v) is 7.98. The summed E-state index contributed by atoms with van der Waals surface area (Å²) in [5.74, 6) is 0.673. The number of anilines is 1. The molecule has 0 radical (unpaired) electrons. The van der Waals surface area contributed by atoms with Crippen molar-refractivity contribution in [1.82, 2.24) is 14.5 Å². The molecule has 0 bridgehead atoms. The number of nitrogens with zero attached hydrogens (tertiary/aromatic N) is 3. The van der Waals surface area contributed by atoms with Crippen LogP contribution in [0.3, 0.4) is 0 Å². The van der Waals surface area contributed by atoms with Crippen molar-refractivity contribution in [2.45, 2.75) is 25.3 Å². The van der Waals surface area contributed by atoms with Crippen LogP contribution in [-0.4, -0.2) is 21.1 Å². The van der Waals surface area contributed by atoms with Gasteiger partial charge in [0.1, 0.15) is 0 Å². The van der Waals surface area contributed by atoms with Crippen molar-refractivity contribution in [3.63, 3.8) is 0 Å². The first-order chi connectivity index (χ1) is 11.3. The van der Waals surface area contributed by atoms with Crippen LogP contribution < -0.4 is 10.9 Å². The number of hydrogen-bond donors (Lipinski definition) is 1. The molecule has 0 unspecified atom stereocenters. The van der Waals surface area contributed by atoms with Crippen molar-refractivity contribution in [3.05, 3.63) is 64.7 Å². The van der Waals surface area contributed by atoms with E-state index >= 15 is 0 Å². The maximum atomic E-state index is 12.7. The molecule has 1 saturated carbocycles. The number of hydrogen-bond acceptors (Lipinski definition) is 4. The molecule has 1 N–H and O–H groups in total. The number of fused-ring (bicyclic) bond motifs is 1. The molecule has 1 aliphatic rings. The van der Waals surface area contributed by atoms with Crippen molar-refractivity contribution >= 4 is 16.9 Å². The molecule has 0 amide bonds. The topological polar surface area (TPSA) is 59.8 Å². The second kappa shape index (κ2) is 5.83. The highest BCUT2D eigenvalue weighted by atomic mass is 16.1. The molecule has 1 aliphatic carbocycles. The highest BCUT2D eigenvalue weighted by Crippen LogP contribution is 2.35. The van der Waals surface area contributed by atoms with Gasteiger partial charge in [0.05, 0.1) is 10.9 Å². The number of pyridine rings is 1. The summed E-state index contributed by atoms with van der Waals surface area (Å²) in [5, 5.41) is 4.02. The first-order valence-electron chi connectivity index (χ1n) is 7.98. The first kappa shape index (κ1) is 13.9. The Hall–Kier alpha value is -2.69. The molecule has 0 spiro atoms. The fourth-order valence-electron chi connectivity index (χ4n) is 2.79. The summed E-state index contributed by atoms with van der Waals surface area (Å²) < 4.78 is 1.82. The summed E-state index contributed by atoms with van der Waals surface area (Å²) in [6, 6.07) is 13.7. The van der Waals surface area contributed by atoms with E-state index < -0.39 is 0 Å². The fourth-order valence-corrected chi connectivity index (χ4v) is 2.79. The van der Waals surface area contributed by atoms with E-state index in [1.807, 2.05) is 47.0 Å². The zero-order chi connectivity index (χ0) is 15.6. The minimum Gasteiger partial charge on any atom is -0.355 e. The Bertz CT molecular complexity index is 884. The number of aromatic nitrogens is 3. The van der Waals surface area contributed by atoms with Crippen LogP contribution in [0.25, 0.3) is 10.9 Å². The van der Waals surface area contributed by atoms with Crippen LogP contribution in [-0.2, 0) is 6.42 Å². The van der Waals surface area contributed by atoms with E-state index in [0.29, 0.717) is 17.9 Å². The Labute approximate surface area is 134 Å². The van der Waals surface area contributed by atoms with E-state index in [2.05, 4.69) is 15.3 Å². The van der Waals surface area contributed by atoms with Gasteiger partial charge in [0.2, 0.25) is 5.95 Å². The summed E-state index contributed by atoms with van der Waals surface area (Å²) in [5.41, 5.74) is 1.83. The number of rotatable bonds is 5. The smallest absolute Gasteiger partial charge is 0.263 e. The van der Waals surface area contributed by atoms with Crippen LogP contribution in [0.2, 0.25) is 0 Å². The Morgan fingerprint density at radius 1 is 1.13 bits per heavy atom. The van der Waals surface area contributed by atoms with Gasteiger partial charge in [-0.2, -0.15) is 0 Å². The van der Waals surface area contributed by atoms with Gasteiger partial charge >= 0.3 is 0 Å². The Morgan fingerprint density at radius 3 is 2.74 bits per heavy atom. The Morgan fingerprint density at radius 2 is 1.96 bits per heavy atom. The molecule has 5 heteroatoms. The van der Waals surface area contributed by atoms with Crippen molar-refractivity contribution in [2.75, 3.05) is 11.9 Å². The summed E-state index contributed by atoms with van der Waals surface area (Å²) in [4.78, 5) is 21.7. The SMILES string of the molecule is O=c1c2ccccc2nc(NCCc2ccccn2)n1C1CC1. The van der Waals surface area contributed by atoms with Crippen LogP contribution in [0.5, 0.6) is 0 Å². The summed E-state index contributed by atoms with van der Waals surface area (Å²) >= 11 is 0. The van der Waals surface area contributed by atoms with Crippen molar-refractivity contribution in [2.24, 2.45) is 0 Å². The summed E-state index contributed by atoms with van der Waals surface area (Å²) in [7, 11) is 0. The van der Waals surface area contributed by atoms with E-state index in [0.717, 1.165) is 30.5 Å². The molecular formula is C18H18N4O. The molecule has 2 heterocycles. The minimum atomic E-state index is 0.0541. The molecule has 4 rings (SSSR count). The van der Waals surface area contributed by atoms with Crippen LogP contribution >= 0.6 is 0 Å². The highest BCUT2D eigenvalue weighted by molar-refractivity contribution is 5.78. The number of benzene rings is 1. The van der Waals surface area contributed by atoms with E-state index in [1.165, 1.54) is 0 Å². The predicted octanol–water partition coefficient (Wildman–Crippen LogP) is 2.78. The van der Waals surface area contributed by atoms with Crippen LogP contribution in [0.15, 0.2) is 53.5 Å². The normalized spacial score (nSPS) is 14.1. The fraction of sp³-hybridized carbons (Fsp3) is 0.278. The lowest BCUT2D eigenvalue weighted by atomic mass is 10.2. The largest absolute Gasteiger partial charge is 0.355 e.